The number of hydrogen-bond donors (Lipinski definition) is 0. The van der Waals surface area contributed by atoms with Gasteiger partial charge in [0.25, 0.3) is 5.69 Å². The average molecular weight is 354 g/mol. The molecule has 0 aromatic heterocycles. The van der Waals surface area contributed by atoms with E-state index in [1.807, 2.05) is 0 Å². The van der Waals surface area contributed by atoms with E-state index >= 15 is 0 Å². The maximum absolute atomic E-state index is 13.8. The minimum absolute atomic E-state index is 0.0145. The van der Waals surface area contributed by atoms with Gasteiger partial charge in [0.2, 0.25) is 0 Å². The van der Waals surface area contributed by atoms with Gasteiger partial charge >= 0.3 is 0 Å². The van der Waals surface area contributed by atoms with Crippen molar-refractivity contribution in [2.45, 2.75) is 45.0 Å². The maximum atomic E-state index is 13.8. The predicted molar refractivity (Wildman–Crippen MR) is 92.7 cm³/mol. The zero-order valence-corrected chi connectivity index (χ0v) is 15.6. The smallest absolute Gasteiger partial charge is 0.293 e. The summed E-state index contributed by atoms with van der Waals surface area (Å²) in [5.41, 5.74) is -0.373. The standard InChI is InChI=1S/C16H23FN2O4Si/c1-16(2,3)24(4,5)23-12-8-18(9-12)14-7-13(17)11(10-20)6-15(14)19(21)22/h6-7,10,12H,8-9H2,1-5H3. The second-order valence-corrected chi connectivity index (χ2v) is 12.4. The van der Waals surface area contributed by atoms with Crippen molar-refractivity contribution >= 4 is 26.0 Å². The average Bonchev–Trinajstić information content (AvgIpc) is 2.40. The van der Waals surface area contributed by atoms with Gasteiger partial charge in [0, 0.05) is 25.2 Å². The fourth-order valence-electron chi connectivity index (χ4n) is 2.36. The molecule has 1 fully saturated rings. The van der Waals surface area contributed by atoms with Crippen molar-refractivity contribution in [3.05, 3.63) is 33.6 Å². The molecular weight excluding hydrogens is 331 g/mol. The summed E-state index contributed by atoms with van der Waals surface area (Å²) in [4.78, 5) is 23.1. The van der Waals surface area contributed by atoms with E-state index < -0.39 is 19.1 Å². The SMILES string of the molecule is CC(C)(C)[Si](C)(C)OC1CN(c2cc(F)c(C=O)cc2[N+](=O)[O-])C1. The van der Waals surface area contributed by atoms with E-state index in [0.29, 0.717) is 13.1 Å². The summed E-state index contributed by atoms with van der Waals surface area (Å²) in [6.07, 6.45) is 0.269. The van der Waals surface area contributed by atoms with Gasteiger partial charge in [-0.2, -0.15) is 0 Å². The van der Waals surface area contributed by atoms with Gasteiger partial charge in [-0.1, -0.05) is 20.8 Å². The molecule has 0 spiro atoms. The fourth-order valence-corrected chi connectivity index (χ4v) is 3.70. The summed E-state index contributed by atoms with van der Waals surface area (Å²) < 4.78 is 20.1. The van der Waals surface area contributed by atoms with Crippen LogP contribution in [0.3, 0.4) is 0 Å². The number of hydrogen-bond acceptors (Lipinski definition) is 5. The molecule has 1 aromatic carbocycles. The van der Waals surface area contributed by atoms with E-state index in [-0.39, 0.29) is 34.4 Å². The van der Waals surface area contributed by atoms with Gasteiger partial charge in [-0.05, 0) is 18.1 Å². The van der Waals surface area contributed by atoms with E-state index in [4.69, 9.17) is 4.43 Å². The molecule has 1 aromatic rings. The lowest BCUT2D eigenvalue weighted by molar-refractivity contribution is -0.384. The maximum Gasteiger partial charge on any atom is 0.293 e. The Bertz CT molecular complexity index is 667. The number of carbonyl (C=O) groups is 1. The van der Waals surface area contributed by atoms with Crippen LogP contribution >= 0.6 is 0 Å². The van der Waals surface area contributed by atoms with Gasteiger partial charge in [0.1, 0.15) is 11.5 Å². The van der Waals surface area contributed by atoms with E-state index in [2.05, 4.69) is 33.9 Å². The number of aldehydes is 1. The van der Waals surface area contributed by atoms with Crippen molar-refractivity contribution in [1.82, 2.24) is 0 Å². The molecule has 8 heteroatoms. The van der Waals surface area contributed by atoms with Crippen LogP contribution in [0.25, 0.3) is 0 Å². The second kappa shape index (κ2) is 6.25. The number of halogens is 1. The van der Waals surface area contributed by atoms with Crippen molar-refractivity contribution in [1.29, 1.82) is 0 Å². The quantitative estimate of drug-likeness (QED) is 0.348. The lowest BCUT2D eigenvalue weighted by Crippen LogP contribution is -2.58. The van der Waals surface area contributed by atoms with Gasteiger partial charge in [0.05, 0.1) is 16.6 Å². The Morgan fingerprint density at radius 1 is 1.38 bits per heavy atom. The molecule has 0 amide bonds. The fraction of sp³-hybridized carbons (Fsp3) is 0.562. The molecule has 0 unspecified atom stereocenters. The molecule has 0 bridgehead atoms. The molecule has 132 valence electrons. The Balaban J connectivity index is 2.15. The first-order valence-corrected chi connectivity index (χ1v) is 10.7. The number of nitro groups is 1. The van der Waals surface area contributed by atoms with Crippen molar-refractivity contribution in [2.75, 3.05) is 18.0 Å². The van der Waals surface area contributed by atoms with E-state index in [9.17, 15) is 19.3 Å². The Hall–Kier alpha value is -1.80. The molecule has 1 aliphatic heterocycles. The summed E-state index contributed by atoms with van der Waals surface area (Å²) in [6.45, 7) is 11.7. The number of nitrogens with zero attached hydrogens (tertiary/aromatic N) is 2. The number of rotatable bonds is 5. The molecule has 0 N–H and O–H groups in total. The third-order valence-electron chi connectivity index (χ3n) is 4.87. The lowest BCUT2D eigenvalue weighted by Gasteiger charge is -2.47. The molecule has 24 heavy (non-hydrogen) atoms. The summed E-state index contributed by atoms with van der Waals surface area (Å²) >= 11 is 0. The monoisotopic (exact) mass is 354 g/mol. The molecule has 6 nitrogen and oxygen atoms in total. The van der Waals surface area contributed by atoms with E-state index in [0.717, 1.165) is 12.1 Å². The summed E-state index contributed by atoms with van der Waals surface area (Å²) in [5.74, 6) is -0.751. The first-order valence-electron chi connectivity index (χ1n) is 7.82. The Kier molecular flexibility index (Phi) is 4.83. The van der Waals surface area contributed by atoms with Crippen LogP contribution in [0.2, 0.25) is 18.1 Å². The number of carbonyl (C=O) groups excluding carboxylic acids is 1. The van der Waals surface area contributed by atoms with Gasteiger partial charge in [-0.25, -0.2) is 4.39 Å². The van der Waals surface area contributed by atoms with E-state index in [1.165, 1.54) is 0 Å². The minimum atomic E-state index is -1.91. The number of anilines is 1. The zero-order valence-electron chi connectivity index (χ0n) is 14.6. The topological polar surface area (TPSA) is 72.7 Å². The van der Waals surface area contributed by atoms with Crippen molar-refractivity contribution in [3.63, 3.8) is 0 Å². The third-order valence-corrected chi connectivity index (χ3v) is 9.41. The molecule has 0 radical (unpaired) electrons. The Labute approximate surface area is 141 Å². The molecule has 1 heterocycles. The molecule has 0 aliphatic carbocycles. The molecule has 0 atom stereocenters. The van der Waals surface area contributed by atoms with Crippen LogP contribution in [0.15, 0.2) is 12.1 Å². The van der Waals surface area contributed by atoms with Gasteiger partial charge in [-0.3, -0.25) is 14.9 Å². The molecule has 1 saturated heterocycles. The van der Waals surface area contributed by atoms with Crippen LogP contribution in [0.1, 0.15) is 31.1 Å². The van der Waals surface area contributed by atoms with Crippen molar-refractivity contribution in [2.24, 2.45) is 0 Å². The van der Waals surface area contributed by atoms with Crippen LogP contribution in [-0.2, 0) is 4.43 Å². The van der Waals surface area contributed by atoms with Crippen LogP contribution in [0.5, 0.6) is 0 Å². The first kappa shape index (κ1) is 18.5. The minimum Gasteiger partial charge on any atom is -0.410 e. The van der Waals surface area contributed by atoms with Crippen LogP contribution in [0.4, 0.5) is 15.8 Å². The summed E-state index contributed by atoms with van der Waals surface area (Å²) in [6, 6.07) is 2.05. The number of benzene rings is 1. The number of nitro benzene ring substituents is 1. The van der Waals surface area contributed by atoms with Crippen molar-refractivity contribution < 1.29 is 18.5 Å². The van der Waals surface area contributed by atoms with Gasteiger partial charge in [0.15, 0.2) is 14.6 Å². The Morgan fingerprint density at radius 3 is 2.42 bits per heavy atom. The van der Waals surface area contributed by atoms with Crippen molar-refractivity contribution in [3.8, 4) is 0 Å². The van der Waals surface area contributed by atoms with Crippen LogP contribution in [0, 0.1) is 15.9 Å². The molecular formula is C16H23FN2O4Si. The highest BCUT2D eigenvalue weighted by Gasteiger charge is 2.42. The van der Waals surface area contributed by atoms with Crippen LogP contribution < -0.4 is 4.90 Å². The highest BCUT2D eigenvalue weighted by atomic mass is 28.4. The van der Waals surface area contributed by atoms with Crippen LogP contribution in [-0.4, -0.2) is 38.7 Å². The van der Waals surface area contributed by atoms with E-state index in [1.54, 1.807) is 4.90 Å². The zero-order chi connectivity index (χ0) is 18.3. The normalized spacial score (nSPS) is 16.0. The first-order chi connectivity index (χ1) is 11.0. The summed E-state index contributed by atoms with van der Waals surface area (Å²) in [5, 5.41) is 11.3. The highest BCUT2D eigenvalue weighted by molar-refractivity contribution is 6.74. The molecule has 0 saturated carbocycles. The third kappa shape index (κ3) is 3.49. The molecule has 1 aliphatic rings. The predicted octanol–water partition coefficient (Wildman–Crippen LogP) is 3.76. The largest absolute Gasteiger partial charge is 0.410 e. The summed E-state index contributed by atoms with van der Waals surface area (Å²) in [7, 11) is -1.91. The molecule has 2 rings (SSSR count). The van der Waals surface area contributed by atoms with Gasteiger partial charge in [-0.15, -0.1) is 0 Å². The second-order valence-electron chi connectivity index (χ2n) is 7.64. The Morgan fingerprint density at radius 2 is 1.96 bits per heavy atom. The lowest BCUT2D eigenvalue weighted by atomic mass is 10.1. The highest BCUT2D eigenvalue weighted by Crippen LogP contribution is 2.40. The van der Waals surface area contributed by atoms with Gasteiger partial charge < -0.3 is 9.33 Å².